The number of ether oxygens (including phenoxy) is 2. The average Bonchev–Trinajstić information content (AvgIpc) is 3.40. The van der Waals surface area contributed by atoms with Crippen LogP contribution in [0, 0.1) is 11.3 Å². The van der Waals surface area contributed by atoms with E-state index in [2.05, 4.69) is 48.8 Å². The second-order valence-corrected chi connectivity index (χ2v) is 12.3. The molecule has 2 aliphatic rings. The number of carbonyl (C=O) groups excluding carboxylic acids is 1. The van der Waals surface area contributed by atoms with E-state index in [1.807, 2.05) is 35.2 Å². The Hall–Kier alpha value is -3.39. The van der Waals surface area contributed by atoms with Crippen LogP contribution in [0.25, 0.3) is 0 Å². The summed E-state index contributed by atoms with van der Waals surface area (Å²) in [6, 6.07) is 14.1. The molecule has 1 saturated heterocycles. The zero-order valence-electron chi connectivity index (χ0n) is 24.3. The molecule has 214 valence electrons. The van der Waals surface area contributed by atoms with Crippen molar-refractivity contribution in [2.45, 2.75) is 72.4 Å². The Kier molecular flexibility index (Phi) is 8.74. The van der Waals surface area contributed by atoms with Gasteiger partial charge in [0.2, 0.25) is 11.6 Å². The Bertz CT molecular complexity index is 1280. The van der Waals surface area contributed by atoms with E-state index in [9.17, 15) is 4.79 Å². The summed E-state index contributed by atoms with van der Waals surface area (Å²) in [7, 11) is 0. The Morgan fingerprint density at radius 1 is 1.07 bits per heavy atom. The molecule has 0 bridgehead atoms. The van der Waals surface area contributed by atoms with Crippen LogP contribution >= 0.6 is 0 Å². The number of pyridine rings is 1. The number of carbonyl (C=O) groups is 1. The van der Waals surface area contributed by atoms with Crippen molar-refractivity contribution in [2.24, 2.45) is 11.3 Å². The number of aromatic nitrogens is 2. The molecule has 0 radical (unpaired) electrons. The minimum absolute atomic E-state index is 0.0270. The SMILES string of the molecule is CC(C)Cc1cc(C(=O)N2CCC(N3CCCC(C)(C)COc4ccccc4Oc4ncccc4C3)CC2)on1. The molecule has 0 saturated carbocycles. The zero-order chi connectivity index (χ0) is 28.1. The predicted octanol–water partition coefficient (Wildman–Crippen LogP) is 6.37. The molecule has 8 nitrogen and oxygen atoms in total. The number of piperidine rings is 1. The van der Waals surface area contributed by atoms with E-state index in [0.717, 1.165) is 62.2 Å². The minimum Gasteiger partial charge on any atom is -0.489 e. The summed E-state index contributed by atoms with van der Waals surface area (Å²) in [4.78, 5) is 22.2. The highest BCUT2D eigenvalue weighted by molar-refractivity contribution is 5.91. The van der Waals surface area contributed by atoms with Crippen molar-refractivity contribution in [1.29, 1.82) is 0 Å². The summed E-state index contributed by atoms with van der Waals surface area (Å²) in [6.07, 6.45) is 6.50. The molecule has 3 aromatic rings. The van der Waals surface area contributed by atoms with Gasteiger partial charge in [0.25, 0.3) is 5.91 Å². The number of likely N-dealkylation sites (tertiary alicyclic amines) is 1. The van der Waals surface area contributed by atoms with E-state index in [4.69, 9.17) is 14.0 Å². The van der Waals surface area contributed by atoms with Crippen LogP contribution in [0.15, 0.2) is 53.2 Å². The van der Waals surface area contributed by atoms with Crippen LogP contribution in [0.1, 0.15) is 75.2 Å². The number of fused-ring (bicyclic) bond motifs is 2. The highest BCUT2D eigenvalue weighted by Crippen LogP contribution is 2.35. The van der Waals surface area contributed by atoms with Crippen molar-refractivity contribution in [3.63, 3.8) is 0 Å². The van der Waals surface area contributed by atoms with Gasteiger partial charge in [-0.2, -0.15) is 0 Å². The number of hydrogen-bond donors (Lipinski definition) is 0. The maximum Gasteiger partial charge on any atom is 0.292 e. The lowest BCUT2D eigenvalue weighted by Crippen LogP contribution is -2.47. The molecule has 1 fully saturated rings. The van der Waals surface area contributed by atoms with Gasteiger partial charge in [0.1, 0.15) is 0 Å². The van der Waals surface area contributed by atoms with Crippen molar-refractivity contribution in [3.05, 3.63) is 65.7 Å². The molecule has 0 N–H and O–H groups in total. The molecule has 5 rings (SSSR count). The fourth-order valence-corrected chi connectivity index (χ4v) is 5.63. The molecule has 40 heavy (non-hydrogen) atoms. The Morgan fingerprint density at radius 3 is 2.62 bits per heavy atom. The predicted molar refractivity (Wildman–Crippen MR) is 154 cm³/mol. The lowest BCUT2D eigenvalue weighted by Gasteiger charge is -2.39. The average molecular weight is 547 g/mol. The third-order valence-corrected chi connectivity index (χ3v) is 7.85. The van der Waals surface area contributed by atoms with Gasteiger partial charge in [0.15, 0.2) is 11.5 Å². The monoisotopic (exact) mass is 546 g/mol. The highest BCUT2D eigenvalue weighted by Gasteiger charge is 2.30. The smallest absolute Gasteiger partial charge is 0.292 e. The Morgan fingerprint density at radius 2 is 1.85 bits per heavy atom. The number of rotatable bonds is 4. The molecule has 0 aliphatic carbocycles. The quantitative estimate of drug-likeness (QED) is 0.376. The van der Waals surface area contributed by atoms with Crippen LogP contribution in [0.4, 0.5) is 0 Å². The number of para-hydroxylation sites is 2. The van der Waals surface area contributed by atoms with Gasteiger partial charge in [-0.3, -0.25) is 9.69 Å². The first-order valence-electron chi connectivity index (χ1n) is 14.6. The largest absolute Gasteiger partial charge is 0.489 e. The van der Waals surface area contributed by atoms with Crippen molar-refractivity contribution < 1.29 is 18.8 Å². The summed E-state index contributed by atoms with van der Waals surface area (Å²) < 4.78 is 18.0. The van der Waals surface area contributed by atoms with E-state index in [1.165, 1.54) is 0 Å². The summed E-state index contributed by atoms with van der Waals surface area (Å²) in [6.45, 7) is 12.5. The molecule has 8 heteroatoms. The molecule has 2 aliphatic heterocycles. The van der Waals surface area contributed by atoms with Gasteiger partial charge in [-0.25, -0.2) is 4.98 Å². The molecule has 4 heterocycles. The van der Waals surface area contributed by atoms with E-state index < -0.39 is 0 Å². The Labute approximate surface area is 237 Å². The summed E-state index contributed by atoms with van der Waals surface area (Å²) in [5, 5.41) is 4.11. The van der Waals surface area contributed by atoms with Gasteiger partial charge in [0, 0.05) is 43.5 Å². The van der Waals surface area contributed by atoms with E-state index >= 15 is 0 Å². The van der Waals surface area contributed by atoms with Gasteiger partial charge in [-0.15, -0.1) is 0 Å². The number of nitrogens with zero attached hydrogens (tertiary/aromatic N) is 4. The fraction of sp³-hybridized carbons (Fsp3) is 0.531. The molecular formula is C32H42N4O4. The standard InChI is InChI=1S/C32H42N4O4/c1-23(2)19-25-20-29(40-34-25)31(37)35-17-12-26(13-18-35)36-16-8-14-32(3,4)22-38-27-10-5-6-11-28(27)39-30-24(21-36)9-7-15-33-30/h5-7,9-11,15,20,23,26H,8,12-14,16-19,21-22H2,1-4H3. The van der Waals surface area contributed by atoms with Crippen molar-refractivity contribution in [3.8, 4) is 17.4 Å². The first kappa shape index (κ1) is 28.1. The van der Waals surface area contributed by atoms with Crippen LogP contribution in [0.5, 0.6) is 17.4 Å². The van der Waals surface area contributed by atoms with Gasteiger partial charge in [0.05, 0.1) is 12.3 Å². The molecule has 0 unspecified atom stereocenters. The van der Waals surface area contributed by atoms with Gasteiger partial charge in [-0.05, 0) is 68.2 Å². The zero-order valence-corrected chi connectivity index (χ0v) is 24.3. The maximum absolute atomic E-state index is 13.1. The summed E-state index contributed by atoms with van der Waals surface area (Å²) >= 11 is 0. The summed E-state index contributed by atoms with van der Waals surface area (Å²) in [5.74, 6) is 2.78. The fourth-order valence-electron chi connectivity index (χ4n) is 5.63. The van der Waals surface area contributed by atoms with Crippen molar-refractivity contribution in [2.75, 3.05) is 26.2 Å². The highest BCUT2D eigenvalue weighted by atomic mass is 16.5. The van der Waals surface area contributed by atoms with E-state index in [-0.39, 0.29) is 11.3 Å². The van der Waals surface area contributed by atoms with Crippen LogP contribution in [0.2, 0.25) is 0 Å². The van der Waals surface area contributed by atoms with Gasteiger partial charge >= 0.3 is 0 Å². The van der Waals surface area contributed by atoms with E-state index in [1.54, 1.807) is 12.3 Å². The second-order valence-electron chi connectivity index (χ2n) is 12.3. The molecule has 1 aromatic carbocycles. The summed E-state index contributed by atoms with van der Waals surface area (Å²) in [5.41, 5.74) is 1.92. The molecule has 0 atom stereocenters. The molecule has 1 amide bonds. The molecular weight excluding hydrogens is 504 g/mol. The second kappa shape index (κ2) is 12.4. The van der Waals surface area contributed by atoms with Crippen molar-refractivity contribution in [1.82, 2.24) is 19.9 Å². The Balaban J connectivity index is 1.31. The first-order chi connectivity index (χ1) is 19.3. The maximum atomic E-state index is 13.1. The third-order valence-electron chi connectivity index (χ3n) is 7.85. The normalized spacial score (nSPS) is 18.9. The van der Waals surface area contributed by atoms with Crippen LogP contribution in [-0.4, -0.2) is 58.1 Å². The van der Waals surface area contributed by atoms with Crippen molar-refractivity contribution >= 4 is 5.91 Å². The van der Waals surface area contributed by atoms with Crippen LogP contribution in [-0.2, 0) is 13.0 Å². The number of amides is 1. The molecule has 2 aromatic heterocycles. The number of hydrogen-bond acceptors (Lipinski definition) is 7. The minimum atomic E-state index is -0.0609. The van der Waals surface area contributed by atoms with Gasteiger partial charge in [-0.1, -0.05) is 51.1 Å². The third kappa shape index (κ3) is 7.02. The van der Waals surface area contributed by atoms with Gasteiger partial charge < -0.3 is 18.9 Å². The number of benzene rings is 1. The lowest BCUT2D eigenvalue weighted by atomic mass is 9.88. The van der Waals surface area contributed by atoms with Crippen LogP contribution < -0.4 is 9.47 Å². The molecule has 0 spiro atoms. The topological polar surface area (TPSA) is 80.9 Å². The van der Waals surface area contributed by atoms with Crippen LogP contribution in [0.3, 0.4) is 0 Å². The lowest BCUT2D eigenvalue weighted by molar-refractivity contribution is 0.0558. The first-order valence-corrected chi connectivity index (χ1v) is 14.6. The van der Waals surface area contributed by atoms with E-state index in [0.29, 0.717) is 49.0 Å².